The van der Waals surface area contributed by atoms with Gasteiger partial charge in [-0.05, 0) is 25.7 Å². The van der Waals surface area contributed by atoms with Crippen molar-refractivity contribution in [1.82, 2.24) is 16.0 Å². The molecule has 0 aromatic heterocycles. The van der Waals surface area contributed by atoms with Crippen LogP contribution in [-0.4, -0.2) is 100 Å². The molecule has 15 nitrogen and oxygen atoms in total. The number of carboxylic acids is 1. The van der Waals surface area contributed by atoms with Gasteiger partial charge < -0.3 is 52.2 Å². The van der Waals surface area contributed by atoms with Crippen LogP contribution in [-0.2, 0) is 33.4 Å². The number of ether oxygens (including phenoxy) is 2. The molecule has 0 radical (unpaired) electrons. The van der Waals surface area contributed by atoms with Crippen molar-refractivity contribution in [3.63, 3.8) is 0 Å². The van der Waals surface area contributed by atoms with Crippen molar-refractivity contribution in [2.24, 2.45) is 17.4 Å². The zero-order chi connectivity index (χ0) is 39.1. The first-order valence-corrected chi connectivity index (χ1v) is 19.5. The predicted octanol–water partition coefficient (Wildman–Crippen LogP) is 2.52. The molecule has 0 aliphatic carbocycles. The number of nitrogens with two attached hydrogens (primary N) is 2. The fourth-order valence-electron chi connectivity index (χ4n) is 6.17. The molecule has 1 rings (SSSR count). The molecule has 52 heavy (non-hydrogen) atoms. The van der Waals surface area contributed by atoms with E-state index >= 15 is 0 Å². The topological polar surface area (TPSA) is 253 Å². The number of carboxylic acid groups (broad SMARTS) is 1. The summed E-state index contributed by atoms with van der Waals surface area (Å²) >= 11 is 0. The highest BCUT2D eigenvalue weighted by Crippen LogP contribution is 2.23. The molecular weight excluding hydrogens is 674 g/mol. The summed E-state index contributed by atoms with van der Waals surface area (Å²) in [6, 6.07) is -3.63. The van der Waals surface area contributed by atoms with Crippen LogP contribution in [0.25, 0.3) is 0 Å². The number of nitrogens with one attached hydrogen (secondary N) is 3. The Kier molecular flexibility index (Phi) is 24.3. The highest BCUT2D eigenvalue weighted by molar-refractivity contribution is 5.92. The molecule has 302 valence electrons. The van der Waals surface area contributed by atoms with Gasteiger partial charge in [0.15, 0.2) is 6.29 Å². The highest BCUT2D eigenvalue weighted by Gasteiger charge is 2.45. The van der Waals surface area contributed by atoms with Gasteiger partial charge in [0, 0.05) is 19.4 Å². The van der Waals surface area contributed by atoms with Gasteiger partial charge in [0.25, 0.3) is 0 Å². The lowest BCUT2D eigenvalue weighted by Crippen LogP contribution is -2.65. The number of hydrogen-bond donors (Lipinski definition) is 8. The number of aliphatic carboxylic acids is 1. The van der Waals surface area contributed by atoms with Crippen LogP contribution in [0.15, 0.2) is 0 Å². The second-order valence-electron chi connectivity index (χ2n) is 14.5. The van der Waals surface area contributed by atoms with Gasteiger partial charge in [-0.3, -0.25) is 24.0 Å². The van der Waals surface area contributed by atoms with Crippen molar-refractivity contribution in [2.45, 2.75) is 192 Å². The summed E-state index contributed by atoms with van der Waals surface area (Å²) in [5, 5.41) is 38.0. The number of primary amides is 1. The number of carbonyl (C=O) groups is 5. The third-order valence-corrected chi connectivity index (χ3v) is 9.53. The van der Waals surface area contributed by atoms with Gasteiger partial charge >= 0.3 is 5.97 Å². The molecule has 10 N–H and O–H groups in total. The minimum atomic E-state index is -1.55. The van der Waals surface area contributed by atoms with Crippen LogP contribution in [0.1, 0.15) is 143 Å². The predicted molar refractivity (Wildman–Crippen MR) is 197 cm³/mol. The summed E-state index contributed by atoms with van der Waals surface area (Å²) in [7, 11) is 0. The monoisotopic (exact) mass is 744 g/mol. The van der Waals surface area contributed by atoms with Crippen molar-refractivity contribution in [1.29, 1.82) is 0 Å². The van der Waals surface area contributed by atoms with E-state index in [1.54, 1.807) is 13.8 Å². The lowest BCUT2D eigenvalue weighted by atomic mass is 9.96. The molecule has 0 saturated carbocycles. The number of amides is 4. The van der Waals surface area contributed by atoms with Gasteiger partial charge in [-0.25, -0.2) is 0 Å². The van der Waals surface area contributed by atoms with E-state index < -0.39 is 84.9 Å². The second-order valence-corrected chi connectivity index (χ2v) is 14.5. The van der Waals surface area contributed by atoms with E-state index in [-0.39, 0.29) is 18.9 Å². The molecule has 1 fully saturated rings. The van der Waals surface area contributed by atoms with Crippen molar-refractivity contribution in [3.05, 3.63) is 0 Å². The molecule has 1 aliphatic heterocycles. The van der Waals surface area contributed by atoms with Crippen LogP contribution in [0.3, 0.4) is 0 Å². The van der Waals surface area contributed by atoms with Crippen LogP contribution >= 0.6 is 0 Å². The third-order valence-electron chi connectivity index (χ3n) is 9.53. The van der Waals surface area contributed by atoms with E-state index in [1.165, 1.54) is 77.6 Å². The van der Waals surface area contributed by atoms with E-state index in [0.717, 1.165) is 25.7 Å². The van der Waals surface area contributed by atoms with E-state index in [1.807, 2.05) is 0 Å². The fraction of sp³-hybridized carbons (Fsp3) is 0.865. The lowest BCUT2D eigenvalue weighted by Gasteiger charge is -2.42. The van der Waals surface area contributed by atoms with Crippen LogP contribution in [0.2, 0.25) is 0 Å². The van der Waals surface area contributed by atoms with Gasteiger partial charge in [0.1, 0.15) is 36.5 Å². The Morgan fingerprint density at radius 2 is 1.29 bits per heavy atom. The normalized spacial score (nSPS) is 22.0. The number of rotatable bonds is 29. The summed E-state index contributed by atoms with van der Waals surface area (Å²) in [6.45, 7) is 6.81. The first kappa shape index (κ1) is 47.2. The van der Waals surface area contributed by atoms with E-state index in [9.17, 15) is 34.2 Å². The molecule has 1 heterocycles. The summed E-state index contributed by atoms with van der Waals surface area (Å²) in [6.07, 6.45) is 11.6. The largest absolute Gasteiger partial charge is 0.481 e. The smallest absolute Gasteiger partial charge is 0.303 e. The van der Waals surface area contributed by atoms with Crippen LogP contribution in [0.4, 0.5) is 0 Å². The van der Waals surface area contributed by atoms with Gasteiger partial charge in [-0.1, -0.05) is 111 Å². The number of hydrogen-bond acceptors (Lipinski definition) is 10. The minimum Gasteiger partial charge on any atom is -0.481 e. The summed E-state index contributed by atoms with van der Waals surface area (Å²) in [5.74, 6) is -4.24. The van der Waals surface area contributed by atoms with Crippen molar-refractivity contribution in [3.8, 4) is 0 Å². The molecule has 8 atom stereocenters. The molecular formula is C37H69N5O10. The molecule has 0 spiro atoms. The van der Waals surface area contributed by atoms with Gasteiger partial charge in [-0.2, -0.15) is 0 Å². The maximum absolute atomic E-state index is 13.1. The second kappa shape index (κ2) is 26.8. The Labute approximate surface area is 310 Å². The number of aliphatic hydroxyl groups excluding tert-OH is 2. The molecule has 0 aromatic rings. The first-order valence-electron chi connectivity index (χ1n) is 19.5. The zero-order valence-electron chi connectivity index (χ0n) is 32.0. The molecule has 0 unspecified atom stereocenters. The molecule has 0 aromatic carbocycles. The van der Waals surface area contributed by atoms with Crippen molar-refractivity contribution >= 4 is 29.6 Å². The molecule has 1 aliphatic rings. The number of unbranched alkanes of at least 4 members (excludes halogenated alkanes) is 14. The van der Waals surface area contributed by atoms with Crippen LogP contribution in [0.5, 0.6) is 0 Å². The number of aliphatic hydroxyl groups is 2. The van der Waals surface area contributed by atoms with Gasteiger partial charge in [0.05, 0.1) is 6.04 Å². The zero-order valence-corrected chi connectivity index (χ0v) is 32.0. The minimum absolute atomic E-state index is 0.110. The van der Waals surface area contributed by atoms with E-state index in [0.29, 0.717) is 6.42 Å². The number of carbonyl (C=O) groups excluding carboxylic acids is 4. The third kappa shape index (κ3) is 19.3. The molecule has 1 saturated heterocycles. The van der Waals surface area contributed by atoms with Crippen LogP contribution in [0, 0.1) is 5.92 Å². The van der Waals surface area contributed by atoms with E-state index in [2.05, 4.69) is 22.9 Å². The average Bonchev–Trinajstić information content (AvgIpc) is 3.09. The Balaban J connectivity index is 2.46. The van der Waals surface area contributed by atoms with Crippen molar-refractivity contribution < 1.29 is 48.8 Å². The first-order chi connectivity index (χ1) is 24.7. The maximum atomic E-state index is 13.1. The standard InChI is InChI=1S/C37H69N5O10/c1-5-6-7-8-9-10-11-12-13-14-15-16-17-18-19-20-28(43)40-23-27-32(46)33(30(38)37(50)52-27)51-25(4)35(48)42-31(24(2)3)36(49)41-26(34(39)47)21-22-29(44)45/h24-27,30-33,37,46,50H,5-23,38H2,1-4H3,(H2,39,47)(H,40,43)(H,41,49)(H,42,48)(H,44,45)/t25-,26-,27-,30-,31+,32-,33-,37-/m1/s1. The Bertz CT molecular complexity index is 1060. The van der Waals surface area contributed by atoms with Crippen molar-refractivity contribution in [2.75, 3.05) is 6.54 Å². The molecule has 15 heteroatoms. The highest BCUT2D eigenvalue weighted by atomic mass is 16.6. The SMILES string of the molecule is CCCCCCCCCCCCCCCCCC(=O)NC[C@H]1O[C@@H](O)[C@H](N)[C@@H](O[C@H](C)C(=O)N[C@H](C(=O)N[C@H](CCC(=O)O)C(N)=O)C(C)C)[C@@H]1O. The Morgan fingerprint density at radius 3 is 1.77 bits per heavy atom. The van der Waals surface area contributed by atoms with Gasteiger partial charge in [-0.15, -0.1) is 0 Å². The summed E-state index contributed by atoms with van der Waals surface area (Å²) < 4.78 is 11.2. The maximum Gasteiger partial charge on any atom is 0.303 e. The fourth-order valence-corrected chi connectivity index (χ4v) is 6.17. The Morgan fingerprint density at radius 1 is 0.769 bits per heavy atom. The van der Waals surface area contributed by atoms with Gasteiger partial charge in [0.2, 0.25) is 23.6 Å². The van der Waals surface area contributed by atoms with Crippen LogP contribution < -0.4 is 27.4 Å². The van der Waals surface area contributed by atoms with E-state index in [4.69, 9.17) is 26.0 Å². The molecule has 0 bridgehead atoms. The summed E-state index contributed by atoms with van der Waals surface area (Å²) in [5.41, 5.74) is 11.4. The Hall–Kier alpha value is -2.85. The average molecular weight is 744 g/mol. The summed E-state index contributed by atoms with van der Waals surface area (Å²) in [4.78, 5) is 61.2. The lowest BCUT2D eigenvalue weighted by molar-refractivity contribution is -0.254. The quantitative estimate of drug-likeness (QED) is 0.0517. The molecule has 4 amide bonds.